The second-order valence-corrected chi connectivity index (χ2v) is 11.2. The van der Waals surface area contributed by atoms with Crippen LogP contribution in [0, 0.1) is 18.3 Å². The van der Waals surface area contributed by atoms with Crippen molar-refractivity contribution in [1.82, 2.24) is 20.2 Å². The molecule has 3 aliphatic heterocycles. The van der Waals surface area contributed by atoms with Gasteiger partial charge in [0.2, 0.25) is 0 Å². The van der Waals surface area contributed by atoms with Crippen LogP contribution in [0.1, 0.15) is 24.1 Å². The number of likely N-dealkylation sites (tertiary alicyclic amines) is 1. The number of hydrogen-bond acceptors (Lipinski definition) is 8. The molecular formula is C28H39F2N5O3. The fourth-order valence-corrected chi connectivity index (χ4v) is 6.02. The molecule has 0 radical (unpaired) electrons. The van der Waals surface area contributed by atoms with Crippen LogP contribution in [0.15, 0.2) is 24.3 Å². The number of anilines is 1. The van der Waals surface area contributed by atoms with Crippen LogP contribution in [0.25, 0.3) is 11.4 Å². The molecule has 1 aromatic heterocycles. The Kier molecular flexibility index (Phi) is 8.42. The maximum atomic E-state index is 12.8. The van der Waals surface area contributed by atoms with Crippen molar-refractivity contribution >= 4 is 5.82 Å². The van der Waals surface area contributed by atoms with Crippen LogP contribution in [0.5, 0.6) is 5.75 Å². The largest absolute Gasteiger partial charge is 0.491 e. The molecular weight excluding hydrogens is 492 g/mol. The Hall–Kier alpha value is -2.40. The fraction of sp³-hybridized carbons (Fsp3) is 0.643. The number of ether oxygens (including phenoxy) is 2. The van der Waals surface area contributed by atoms with Gasteiger partial charge in [0.05, 0.1) is 6.54 Å². The Morgan fingerprint density at radius 2 is 2.11 bits per heavy atom. The van der Waals surface area contributed by atoms with E-state index in [0.717, 1.165) is 81.3 Å². The zero-order chi connectivity index (χ0) is 26.7. The van der Waals surface area contributed by atoms with Crippen molar-refractivity contribution in [3.63, 3.8) is 0 Å². The molecule has 4 heterocycles. The summed E-state index contributed by atoms with van der Waals surface area (Å²) in [5, 5.41) is 13.0. The number of aliphatic hydroxyl groups excluding tert-OH is 1. The molecule has 38 heavy (non-hydrogen) atoms. The van der Waals surface area contributed by atoms with Crippen molar-refractivity contribution in [2.75, 3.05) is 71.0 Å². The number of likely N-dealkylation sites (N-methyl/N-ethyl adjacent to an activating group) is 1. The van der Waals surface area contributed by atoms with E-state index in [2.05, 4.69) is 17.1 Å². The third-order valence-electron chi connectivity index (χ3n) is 7.95. The summed E-state index contributed by atoms with van der Waals surface area (Å²) in [5.41, 5.74) is 3.04. The monoisotopic (exact) mass is 531 g/mol. The first-order valence-corrected chi connectivity index (χ1v) is 13.6. The van der Waals surface area contributed by atoms with Gasteiger partial charge in [-0.3, -0.25) is 4.90 Å². The molecule has 2 atom stereocenters. The number of nitrogens with one attached hydrogen (secondary N) is 1. The Bertz CT molecular complexity index is 1090. The highest BCUT2D eigenvalue weighted by Crippen LogP contribution is 2.42. The van der Waals surface area contributed by atoms with Crippen molar-refractivity contribution in [2.45, 2.75) is 38.7 Å². The van der Waals surface area contributed by atoms with E-state index in [1.54, 1.807) is 7.05 Å². The highest BCUT2D eigenvalue weighted by molar-refractivity contribution is 5.62. The van der Waals surface area contributed by atoms with E-state index >= 15 is 0 Å². The molecule has 0 bridgehead atoms. The average molecular weight is 532 g/mol. The normalized spacial score (nSPS) is 21.8. The molecule has 3 aliphatic rings. The Morgan fingerprint density at radius 1 is 1.26 bits per heavy atom. The zero-order valence-electron chi connectivity index (χ0n) is 22.3. The molecule has 1 unspecified atom stereocenters. The summed E-state index contributed by atoms with van der Waals surface area (Å²) in [6, 6.07) is 7.68. The van der Waals surface area contributed by atoms with Crippen molar-refractivity contribution < 1.29 is 23.4 Å². The van der Waals surface area contributed by atoms with Gasteiger partial charge in [-0.15, -0.1) is 0 Å². The summed E-state index contributed by atoms with van der Waals surface area (Å²) in [6.45, 7) is 7.26. The molecule has 0 amide bonds. The van der Waals surface area contributed by atoms with E-state index < -0.39 is 12.5 Å². The average Bonchev–Trinajstić information content (AvgIpc) is 3.54. The van der Waals surface area contributed by atoms with Crippen LogP contribution in [0.4, 0.5) is 14.6 Å². The quantitative estimate of drug-likeness (QED) is 0.458. The first-order chi connectivity index (χ1) is 18.3. The Labute approximate surface area is 223 Å². The molecule has 2 N–H and O–H groups in total. The molecule has 0 aliphatic carbocycles. The third-order valence-corrected chi connectivity index (χ3v) is 7.95. The molecule has 8 nitrogen and oxygen atoms in total. The standard InChI is InChI=1S/C28H39F2N5O3/c1-19-24(10-20-6-9-37-14-20)32-26(21-4-3-5-23(11-21)38-15-22(36)12-31-2)33-27(19)35-8-7-28(18-35)16-34(17-28)13-25(29)30/h3-5,11,20,22,25,31,36H,6-10,12-18H2,1-2H3/t20-,22?/m0/s1. The first kappa shape index (κ1) is 27.2. The van der Waals surface area contributed by atoms with Gasteiger partial charge in [0, 0.05) is 68.2 Å². The zero-order valence-corrected chi connectivity index (χ0v) is 22.3. The molecule has 10 heteroatoms. The van der Waals surface area contributed by atoms with E-state index in [4.69, 9.17) is 19.4 Å². The molecule has 1 spiro atoms. The number of nitrogens with zero attached hydrogens (tertiary/aromatic N) is 4. The predicted molar refractivity (Wildman–Crippen MR) is 142 cm³/mol. The first-order valence-electron chi connectivity index (χ1n) is 13.6. The third kappa shape index (κ3) is 6.25. The number of benzene rings is 1. The second kappa shape index (κ2) is 11.8. The van der Waals surface area contributed by atoms with E-state index in [1.807, 2.05) is 29.2 Å². The minimum Gasteiger partial charge on any atom is -0.491 e. The van der Waals surface area contributed by atoms with Crippen LogP contribution in [0.3, 0.4) is 0 Å². The molecule has 3 saturated heterocycles. The lowest BCUT2D eigenvalue weighted by Gasteiger charge is -2.48. The van der Waals surface area contributed by atoms with Crippen LogP contribution >= 0.6 is 0 Å². The summed E-state index contributed by atoms with van der Waals surface area (Å²) in [5.74, 6) is 2.67. The van der Waals surface area contributed by atoms with Crippen LogP contribution in [-0.2, 0) is 11.2 Å². The number of aliphatic hydroxyl groups is 1. The summed E-state index contributed by atoms with van der Waals surface area (Å²) < 4.78 is 37.1. The van der Waals surface area contributed by atoms with Gasteiger partial charge in [0.15, 0.2) is 5.82 Å². The van der Waals surface area contributed by atoms with Gasteiger partial charge in [0.1, 0.15) is 24.3 Å². The number of alkyl halides is 2. The topological polar surface area (TPSA) is 83.0 Å². The van der Waals surface area contributed by atoms with Gasteiger partial charge in [0.25, 0.3) is 6.43 Å². The van der Waals surface area contributed by atoms with Crippen LogP contribution < -0.4 is 15.0 Å². The fourth-order valence-electron chi connectivity index (χ4n) is 6.02. The number of hydrogen-bond donors (Lipinski definition) is 2. The van der Waals surface area contributed by atoms with Gasteiger partial charge in [-0.2, -0.15) is 0 Å². The summed E-state index contributed by atoms with van der Waals surface area (Å²) in [4.78, 5) is 14.3. The molecule has 3 fully saturated rings. The lowest BCUT2D eigenvalue weighted by molar-refractivity contribution is -0.0235. The van der Waals surface area contributed by atoms with E-state index in [1.165, 1.54) is 0 Å². The highest BCUT2D eigenvalue weighted by atomic mass is 19.3. The molecule has 1 aromatic carbocycles. The Balaban J connectivity index is 1.39. The van der Waals surface area contributed by atoms with Crippen LogP contribution in [0.2, 0.25) is 0 Å². The lowest BCUT2D eigenvalue weighted by atomic mass is 9.79. The maximum Gasteiger partial charge on any atom is 0.251 e. The SMILES string of the molecule is CNCC(O)COc1cccc(-c2nc(C[C@@H]3CCOC3)c(C)c(N3CCC4(CN(CC(F)F)C4)C3)n2)c1. The molecule has 208 valence electrons. The highest BCUT2D eigenvalue weighted by Gasteiger charge is 2.48. The van der Waals surface area contributed by atoms with Crippen molar-refractivity contribution in [3.05, 3.63) is 35.5 Å². The van der Waals surface area contributed by atoms with Crippen molar-refractivity contribution in [1.29, 1.82) is 0 Å². The van der Waals surface area contributed by atoms with Crippen molar-refractivity contribution in [3.8, 4) is 17.1 Å². The predicted octanol–water partition coefficient (Wildman–Crippen LogP) is 2.77. The molecule has 2 aromatic rings. The van der Waals surface area contributed by atoms with Gasteiger partial charge < -0.3 is 24.8 Å². The van der Waals surface area contributed by atoms with Gasteiger partial charge in [-0.05, 0) is 51.3 Å². The molecule has 5 rings (SSSR count). The number of aromatic nitrogens is 2. The van der Waals surface area contributed by atoms with Gasteiger partial charge in [-0.25, -0.2) is 18.7 Å². The van der Waals surface area contributed by atoms with Crippen molar-refractivity contribution in [2.24, 2.45) is 11.3 Å². The second-order valence-electron chi connectivity index (χ2n) is 11.2. The van der Waals surface area contributed by atoms with Gasteiger partial charge >= 0.3 is 0 Å². The number of halogens is 2. The van der Waals surface area contributed by atoms with Crippen LogP contribution in [-0.4, -0.2) is 98.6 Å². The summed E-state index contributed by atoms with van der Waals surface area (Å²) in [6.07, 6.45) is -0.0434. The minimum absolute atomic E-state index is 0.0633. The summed E-state index contributed by atoms with van der Waals surface area (Å²) >= 11 is 0. The number of rotatable bonds is 11. The molecule has 0 saturated carbocycles. The van der Waals surface area contributed by atoms with Gasteiger partial charge in [-0.1, -0.05) is 12.1 Å². The Morgan fingerprint density at radius 3 is 2.84 bits per heavy atom. The van der Waals surface area contributed by atoms with E-state index in [-0.39, 0.29) is 18.6 Å². The summed E-state index contributed by atoms with van der Waals surface area (Å²) in [7, 11) is 1.79. The minimum atomic E-state index is -2.29. The lowest BCUT2D eigenvalue weighted by Crippen LogP contribution is -2.58. The van der Waals surface area contributed by atoms with E-state index in [9.17, 15) is 13.9 Å². The van der Waals surface area contributed by atoms with E-state index in [0.29, 0.717) is 24.0 Å². The smallest absolute Gasteiger partial charge is 0.251 e. The maximum absolute atomic E-state index is 12.8.